The third-order valence-electron chi connectivity index (χ3n) is 2.81. The number of pyridine rings is 1. The van der Waals surface area contributed by atoms with Crippen LogP contribution in [0.5, 0.6) is 5.75 Å². The maximum atomic E-state index is 11.2. The molecule has 0 saturated carbocycles. The third kappa shape index (κ3) is 5.17. The number of carboxylic acids is 1. The molecule has 1 heterocycles. The normalized spacial score (nSPS) is 13.3. The van der Waals surface area contributed by atoms with Gasteiger partial charge in [-0.05, 0) is 6.42 Å². The highest BCUT2D eigenvalue weighted by Gasteiger charge is 2.19. The highest BCUT2D eigenvalue weighted by molar-refractivity contribution is 7.99. The van der Waals surface area contributed by atoms with Gasteiger partial charge in [0.1, 0.15) is 6.04 Å². The Kier molecular flexibility index (Phi) is 6.85. The van der Waals surface area contributed by atoms with Gasteiger partial charge < -0.3 is 14.8 Å². The Balaban J connectivity index is 2.72. The predicted octanol–water partition coefficient (Wildman–Crippen LogP) is 0.872. The summed E-state index contributed by atoms with van der Waals surface area (Å²) >= 11 is 1.41. The molecule has 0 amide bonds. The first-order valence-electron chi connectivity index (χ1n) is 6.41. The van der Waals surface area contributed by atoms with Gasteiger partial charge in [0.15, 0.2) is 5.75 Å². The number of hydrogen-bond donors (Lipinski definition) is 3. The average Bonchev–Trinajstić information content (AvgIpc) is 2.45. The van der Waals surface area contributed by atoms with Crippen LogP contribution >= 0.6 is 11.8 Å². The van der Waals surface area contributed by atoms with Crippen molar-refractivity contribution in [2.75, 3.05) is 12.3 Å². The Morgan fingerprint density at radius 3 is 2.86 bits per heavy atom. The van der Waals surface area contributed by atoms with Crippen molar-refractivity contribution in [1.82, 2.24) is 9.88 Å². The van der Waals surface area contributed by atoms with E-state index in [4.69, 9.17) is 11.5 Å². The van der Waals surface area contributed by atoms with Gasteiger partial charge in [0.2, 0.25) is 5.43 Å². The number of aromatic nitrogens is 1. The van der Waals surface area contributed by atoms with Crippen molar-refractivity contribution in [2.45, 2.75) is 24.8 Å². The number of terminal acetylenes is 1. The molecule has 0 fully saturated rings. The molecule has 21 heavy (non-hydrogen) atoms. The van der Waals surface area contributed by atoms with Gasteiger partial charge in [-0.2, -0.15) is 0 Å². The van der Waals surface area contributed by atoms with Crippen molar-refractivity contribution in [3.63, 3.8) is 0 Å². The van der Waals surface area contributed by atoms with Crippen LogP contribution in [0.3, 0.4) is 0 Å². The quantitative estimate of drug-likeness (QED) is 0.617. The first-order chi connectivity index (χ1) is 9.99. The minimum absolute atomic E-state index is 0.0778. The Morgan fingerprint density at radius 2 is 2.33 bits per heavy atom. The number of thioether (sulfide) groups is 1. The molecule has 0 radical (unpaired) electrons. The van der Waals surface area contributed by atoms with E-state index < -0.39 is 17.4 Å². The van der Waals surface area contributed by atoms with Crippen LogP contribution in [0.2, 0.25) is 0 Å². The molecule has 0 saturated heterocycles. The monoisotopic (exact) mass is 310 g/mol. The zero-order chi connectivity index (χ0) is 15.8. The first-order valence-corrected chi connectivity index (χ1v) is 7.46. The molecule has 0 aliphatic carbocycles. The summed E-state index contributed by atoms with van der Waals surface area (Å²) in [6.07, 6.45) is 8.76. The fourth-order valence-electron chi connectivity index (χ4n) is 1.69. The van der Waals surface area contributed by atoms with Crippen LogP contribution in [0.1, 0.15) is 18.7 Å². The summed E-state index contributed by atoms with van der Waals surface area (Å²) in [5, 5.41) is 21.2. The predicted molar refractivity (Wildman–Crippen MR) is 82.4 cm³/mol. The van der Waals surface area contributed by atoms with E-state index in [2.05, 4.69) is 11.2 Å². The fraction of sp³-hybridized carbons (Fsp3) is 0.429. The van der Waals surface area contributed by atoms with Gasteiger partial charge >= 0.3 is 5.97 Å². The van der Waals surface area contributed by atoms with Gasteiger partial charge in [0, 0.05) is 18.0 Å². The van der Waals surface area contributed by atoms with Crippen LogP contribution in [0, 0.1) is 12.3 Å². The number of nitrogens with one attached hydrogen (secondary N) is 1. The summed E-state index contributed by atoms with van der Waals surface area (Å²) in [6, 6.07) is 0.539. The first kappa shape index (κ1) is 17.1. The van der Waals surface area contributed by atoms with E-state index in [0.29, 0.717) is 12.2 Å². The number of aromatic hydroxyl groups is 1. The van der Waals surface area contributed by atoms with E-state index in [1.165, 1.54) is 24.0 Å². The number of hydrogen-bond acceptors (Lipinski definition) is 5. The lowest BCUT2D eigenvalue weighted by Crippen LogP contribution is -2.39. The molecule has 0 bridgehead atoms. The second-order valence-corrected chi connectivity index (χ2v) is 5.52. The maximum Gasteiger partial charge on any atom is 0.321 e. The molecular formula is C14H18N2O4S. The van der Waals surface area contributed by atoms with Crippen LogP contribution in [0.4, 0.5) is 0 Å². The lowest BCUT2D eigenvalue weighted by Gasteiger charge is -2.21. The second kappa shape index (κ2) is 8.39. The summed E-state index contributed by atoms with van der Waals surface area (Å²) in [6.45, 7) is 2.13. The van der Waals surface area contributed by atoms with Crippen molar-refractivity contribution >= 4 is 17.7 Å². The topological polar surface area (TPSA) is 91.6 Å². The number of carbonyl (C=O) groups is 1. The van der Waals surface area contributed by atoms with Gasteiger partial charge in [-0.3, -0.25) is 14.9 Å². The standard InChI is InChI=1S/C14H18N2O4S/c1-3-6-15-10(14(19)20)9-21-13(4-2)16-7-5-11(17)12(18)8-16/h1,5,7-8,10,13,15,18H,4,6,9H2,2H3,(H,19,20)/t10-,13?/m1/s1. The molecule has 1 unspecified atom stereocenters. The Hall–Kier alpha value is -1.91. The van der Waals surface area contributed by atoms with Crippen molar-refractivity contribution in [2.24, 2.45) is 0 Å². The van der Waals surface area contributed by atoms with Gasteiger partial charge in [-0.25, -0.2) is 0 Å². The van der Waals surface area contributed by atoms with E-state index in [1.807, 2.05) is 6.92 Å². The molecule has 1 aromatic rings. The number of carboxylic acid groups (broad SMARTS) is 1. The highest BCUT2D eigenvalue weighted by atomic mass is 32.2. The van der Waals surface area contributed by atoms with Crippen molar-refractivity contribution in [3.8, 4) is 18.1 Å². The molecule has 0 aliphatic rings. The van der Waals surface area contributed by atoms with Gasteiger partial charge in [0.25, 0.3) is 0 Å². The van der Waals surface area contributed by atoms with Crippen molar-refractivity contribution in [3.05, 3.63) is 28.7 Å². The smallest absolute Gasteiger partial charge is 0.321 e. The third-order valence-corrected chi connectivity index (χ3v) is 4.29. The molecule has 0 aliphatic heterocycles. The molecule has 114 valence electrons. The number of rotatable bonds is 8. The zero-order valence-electron chi connectivity index (χ0n) is 11.7. The summed E-state index contributed by atoms with van der Waals surface area (Å²) < 4.78 is 1.70. The molecule has 1 rings (SSSR count). The van der Waals surface area contributed by atoms with Crippen LogP contribution in [0.15, 0.2) is 23.3 Å². The molecule has 6 nitrogen and oxygen atoms in total. The summed E-state index contributed by atoms with van der Waals surface area (Å²) in [5.74, 6) is 1.38. The second-order valence-electron chi connectivity index (χ2n) is 4.31. The molecule has 7 heteroatoms. The van der Waals surface area contributed by atoms with Gasteiger partial charge in [0.05, 0.1) is 18.1 Å². The highest BCUT2D eigenvalue weighted by Crippen LogP contribution is 2.27. The average molecular weight is 310 g/mol. The number of nitrogens with zero attached hydrogens (tertiary/aromatic N) is 1. The molecule has 0 spiro atoms. The van der Waals surface area contributed by atoms with E-state index in [-0.39, 0.29) is 17.7 Å². The van der Waals surface area contributed by atoms with Crippen molar-refractivity contribution < 1.29 is 15.0 Å². The molecule has 2 atom stereocenters. The van der Waals surface area contributed by atoms with Crippen LogP contribution < -0.4 is 10.7 Å². The molecule has 0 aromatic carbocycles. The minimum Gasteiger partial charge on any atom is -0.503 e. The summed E-state index contributed by atoms with van der Waals surface area (Å²) in [7, 11) is 0. The molecular weight excluding hydrogens is 292 g/mol. The van der Waals surface area contributed by atoms with Crippen LogP contribution in [-0.2, 0) is 4.79 Å². The van der Waals surface area contributed by atoms with Gasteiger partial charge in [-0.1, -0.05) is 12.8 Å². The van der Waals surface area contributed by atoms with Crippen molar-refractivity contribution in [1.29, 1.82) is 0 Å². The fourth-order valence-corrected chi connectivity index (χ4v) is 2.90. The largest absolute Gasteiger partial charge is 0.503 e. The zero-order valence-corrected chi connectivity index (χ0v) is 12.5. The lowest BCUT2D eigenvalue weighted by atomic mass is 10.3. The Morgan fingerprint density at radius 1 is 1.62 bits per heavy atom. The van der Waals surface area contributed by atoms with E-state index in [9.17, 15) is 14.7 Å². The minimum atomic E-state index is -0.963. The SMILES string of the molecule is C#CCN[C@H](CSC(CC)n1ccc(=O)c(O)c1)C(=O)O. The summed E-state index contributed by atoms with van der Waals surface area (Å²) in [5.41, 5.74) is -0.440. The van der Waals surface area contributed by atoms with Gasteiger partial charge in [-0.15, -0.1) is 18.2 Å². The van der Waals surface area contributed by atoms with Crippen LogP contribution in [0.25, 0.3) is 0 Å². The van der Waals surface area contributed by atoms with Crippen LogP contribution in [-0.4, -0.2) is 39.1 Å². The summed E-state index contributed by atoms with van der Waals surface area (Å²) in [4.78, 5) is 22.3. The maximum absolute atomic E-state index is 11.2. The van der Waals surface area contributed by atoms with E-state index >= 15 is 0 Å². The van der Waals surface area contributed by atoms with E-state index in [1.54, 1.807) is 10.8 Å². The molecule has 1 aromatic heterocycles. The molecule has 3 N–H and O–H groups in total. The number of aliphatic carboxylic acids is 1. The van der Waals surface area contributed by atoms with E-state index in [0.717, 1.165) is 0 Å². The lowest BCUT2D eigenvalue weighted by molar-refractivity contribution is -0.138. The Labute approximate surface area is 127 Å². The Bertz CT molecular complexity index is 579.